The number of nitrogens with zero attached hydrogens (tertiary/aromatic N) is 1. The molecule has 1 aromatic heterocycles. The monoisotopic (exact) mass is 238 g/mol. The Bertz CT molecular complexity index is 358. The highest BCUT2D eigenvalue weighted by Gasteiger charge is 2.12. The van der Waals surface area contributed by atoms with E-state index < -0.39 is 0 Å². The Morgan fingerprint density at radius 1 is 1.47 bits per heavy atom. The first kappa shape index (κ1) is 13.8. The molecule has 4 nitrogen and oxygen atoms in total. The van der Waals surface area contributed by atoms with Crippen molar-refractivity contribution in [2.45, 2.75) is 46.4 Å². The van der Waals surface area contributed by atoms with Crippen LogP contribution in [-0.4, -0.2) is 23.2 Å². The lowest BCUT2D eigenvalue weighted by Crippen LogP contribution is -2.23. The molecule has 1 rings (SSSR count). The van der Waals surface area contributed by atoms with E-state index in [9.17, 15) is 4.79 Å². The summed E-state index contributed by atoms with van der Waals surface area (Å²) in [6.07, 6.45) is 1.85. The maximum Gasteiger partial charge on any atom is 0.326 e. The molecule has 4 heteroatoms. The van der Waals surface area contributed by atoms with Crippen LogP contribution in [0, 0.1) is 0 Å². The zero-order chi connectivity index (χ0) is 12.8. The summed E-state index contributed by atoms with van der Waals surface area (Å²) in [5, 5.41) is 3.33. The van der Waals surface area contributed by atoms with E-state index >= 15 is 0 Å². The lowest BCUT2D eigenvalue weighted by atomic mass is 10.2. The van der Waals surface area contributed by atoms with Crippen molar-refractivity contribution in [3.05, 3.63) is 24.0 Å². The Balaban J connectivity index is 2.65. The van der Waals surface area contributed by atoms with Gasteiger partial charge in [-0.05, 0) is 39.4 Å². The molecule has 0 amide bonds. The van der Waals surface area contributed by atoms with E-state index in [4.69, 9.17) is 4.74 Å². The van der Waals surface area contributed by atoms with E-state index in [1.807, 2.05) is 36.7 Å². The summed E-state index contributed by atoms with van der Waals surface area (Å²) in [5.41, 5.74) is 1.10. The maximum absolute atomic E-state index is 11.6. The normalized spacial score (nSPS) is 12.8. The highest BCUT2D eigenvalue weighted by Crippen LogP contribution is 2.13. The molecule has 0 saturated carbocycles. The van der Waals surface area contributed by atoms with Gasteiger partial charge in [0.25, 0.3) is 0 Å². The van der Waals surface area contributed by atoms with E-state index in [1.165, 1.54) is 0 Å². The Morgan fingerprint density at radius 2 is 2.18 bits per heavy atom. The number of nitrogens with one attached hydrogen (secondary N) is 1. The Morgan fingerprint density at radius 3 is 2.76 bits per heavy atom. The van der Waals surface area contributed by atoms with Crippen LogP contribution < -0.4 is 5.32 Å². The Kier molecular flexibility index (Phi) is 5.22. The topological polar surface area (TPSA) is 43.3 Å². The highest BCUT2D eigenvalue weighted by atomic mass is 16.5. The minimum Gasteiger partial charge on any atom is -0.462 e. The summed E-state index contributed by atoms with van der Waals surface area (Å²) in [7, 11) is 0. The number of hydrogen-bond donors (Lipinski definition) is 1. The first-order valence-electron chi connectivity index (χ1n) is 6.12. The molecule has 1 atom stereocenters. The van der Waals surface area contributed by atoms with Crippen LogP contribution >= 0.6 is 0 Å². The number of hydrogen-bond acceptors (Lipinski definition) is 3. The van der Waals surface area contributed by atoms with Crippen LogP contribution in [0.3, 0.4) is 0 Å². The Hall–Kier alpha value is -1.29. The lowest BCUT2D eigenvalue weighted by Gasteiger charge is -2.16. The van der Waals surface area contributed by atoms with Gasteiger partial charge in [0.05, 0.1) is 6.10 Å². The number of aromatic nitrogens is 1. The average molecular weight is 238 g/mol. The third kappa shape index (κ3) is 4.23. The van der Waals surface area contributed by atoms with Crippen molar-refractivity contribution < 1.29 is 9.53 Å². The second-order valence-electron chi connectivity index (χ2n) is 4.38. The molecule has 0 aliphatic rings. The van der Waals surface area contributed by atoms with Crippen LogP contribution in [0.25, 0.3) is 0 Å². The molecule has 96 valence electrons. The number of carbonyl (C=O) groups is 1. The molecule has 0 saturated heterocycles. The fourth-order valence-electron chi connectivity index (χ4n) is 1.81. The van der Waals surface area contributed by atoms with Gasteiger partial charge in [0.15, 0.2) is 0 Å². The van der Waals surface area contributed by atoms with Gasteiger partial charge in [0.2, 0.25) is 0 Å². The fourth-order valence-corrected chi connectivity index (χ4v) is 1.81. The molecule has 1 unspecified atom stereocenters. The van der Waals surface area contributed by atoms with Gasteiger partial charge in [-0.25, -0.2) is 0 Å². The van der Waals surface area contributed by atoms with Gasteiger partial charge < -0.3 is 14.6 Å². The van der Waals surface area contributed by atoms with Gasteiger partial charge in [0, 0.05) is 17.9 Å². The summed E-state index contributed by atoms with van der Waals surface area (Å²) in [4.78, 5) is 11.6. The smallest absolute Gasteiger partial charge is 0.326 e. The number of esters is 1. The van der Waals surface area contributed by atoms with E-state index in [2.05, 4.69) is 19.2 Å². The molecular weight excluding hydrogens is 216 g/mol. The van der Waals surface area contributed by atoms with E-state index in [1.54, 1.807) is 0 Å². The van der Waals surface area contributed by atoms with Crippen LogP contribution in [0.4, 0.5) is 0 Å². The molecule has 17 heavy (non-hydrogen) atoms. The van der Waals surface area contributed by atoms with Crippen LogP contribution in [-0.2, 0) is 16.1 Å². The third-order valence-electron chi connectivity index (χ3n) is 2.49. The van der Waals surface area contributed by atoms with Crippen LogP contribution in [0.1, 0.15) is 39.4 Å². The molecule has 0 fully saturated rings. The minimum atomic E-state index is -0.193. The molecule has 0 aromatic carbocycles. The standard InChI is InChI=1S/C13H22N2O2/c1-5-14-11(4)12-7-6-8-15(12)9-13(16)17-10(2)3/h6-8,10-11,14H,5,9H2,1-4H3. The molecule has 0 aliphatic carbocycles. The second kappa shape index (κ2) is 6.45. The van der Waals surface area contributed by atoms with Gasteiger partial charge in [-0.2, -0.15) is 0 Å². The zero-order valence-corrected chi connectivity index (χ0v) is 11.1. The zero-order valence-electron chi connectivity index (χ0n) is 11.1. The van der Waals surface area contributed by atoms with Crippen molar-refractivity contribution in [3.63, 3.8) is 0 Å². The lowest BCUT2D eigenvalue weighted by molar-refractivity contribution is -0.148. The van der Waals surface area contributed by atoms with Gasteiger partial charge in [-0.15, -0.1) is 0 Å². The summed E-state index contributed by atoms with van der Waals surface area (Å²) in [6, 6.07) is 4.21. The van der Waals surface area contributed by atoms with Gasteiger partial charge >= 0.3 is 5.97 Å². The first-order chi connectivity index (χ1) is 8.04. The summed E-state index contributed by atoms with van der Waals surface area (Å²) in [5.74, 6) is -0.193. The van der Waals surface area contributed by atoms with E-state index in [-0.39, 0.29) is 24.7 Å². The summed E-state index contributed by atoms with van der Waals surface area (Å²) >= 11 is 0. The molecule has 0 spiro atoms. The van der Waals surface area contributed by atoms with Crippen molar-refractivity contribution in [2.24, 2.45) is 0 Å². The van der Waals surface area contributed by atoms with Crippen LogP contribution in [0.2, 0.25) is 0 Å². The number of ether oxygens (including phenoxy) is 1. The minimum absolute atomic E-state index is 0.0623. The van der Waals surface area contributed by atoms with E-state index in [0.717, 1.165) is 12.2 Å². The van der Waals surface area contributed by atoms with Crippen molar-refractivity contribution in [3.8, 4) is 0 Å². The van der Waals surface area contributed by atoms with Crippen LogP contribution in [0.15, 0.2) is 18.3 Å². The Labute approximate surface area is 103 Å². The predicted octanol–water partition coefficient (Wildman–Crippen LogP) is 2.11. The van der Waals surface area contributed by atoms with Crippen molar-refractivity contribution in [1.29, 1.82) is 0 Å². The van der Waals surface area contributed by atoms with Crippen molar-refractivity contribution in [2.75, 3.05) is 6.54 Å². The summed E-state index contributed by atoms with van der Waals surface area (Å²) in [6.45, 7) is 9.05. The quantitative estimate of drug-likeness (QED) is 0.772. The molecular formula is C13H22N2O2. The molecule has 1 aromatic rings. The van der Waals surface area contributed by atoms with Crippen molar-refractivity contribution in [1.82, 2.24) is 9.88 Å². The largest absolute Gasteiger partial charge is 0.462 e. The average Bonchev–Trinajstić information content (AvgIpc) is 2.64. The molecule has 1 heterocycles. The third-order valence-corrected chi connectivity index (χ3v) is 2.49. The second-order valence-corrected chi connectivity index (χ2v) is 4.38. The fraction of sp³-hybridized carbons (Fsp3) is 0.615. The summed E-state index contributed by atoms with van der Waals surface area (Å²) < 4.78 is 7.07. The molecule has 1 N–H and O–H groups in total. The van der Waals surface area contributed by atoms with Gasteiger partial charge in [-0.1, -0.05) is 6.92 Å². The number of rotatable bonds is 6. The van der Waals surface area contributed by atoms with Crippen LogP contribution in [0.5, 0.6) is 0 Å². The first-order valence-corrected chi connectivity index (χ1v) is 6.12. The predicted molar refractivity (Wildman–Crippen MR) is 67.8 cm³/mol. The van der Waals surface area contributed by atoms with Crippen molar-refractivity contribution >= 4 is 5.97 Å². The van der Waals surface area contributed by atoms with Gasteiger partial charge in [0.1, 0.15) is 6.54 Å². The molecule has 0 aliphatic heterocycles. The number of carbonyl (C=O) groups excluding carboxylic acids is 1. The molecule has 0 radical (unpaired) electrons. The van der Waals surface area contributed by atoms with E-state index in [0.29, 0.717) is 0 Å². The van der Waals surface area contributed by atoms with Gasteiger partial charge in [-0.3, -0.25) is 4.79 Å². The highest BCUT2D eigenvalue weighted by molar-refractivity contribution is 5.69. The maximum atomic E-state index is 11.6. The molecule has 0 bridgehead atoms. The SMILES string of the molecule is CCNC(C)c1cccn1CC(=O)OC(C)C.